The van der Waals surface area contributed by atoms with E-state index in [2.05, 4.69) is 15.6 Å². The number of carboxylic acids is 1. The first-order valence-corrected chi connectivity index (χ1v) is 7.47. The van der Waals surface area contributed by atoms with Gasteiger partial charge >= 0.3 is 5.97 Å². The monoisotopic (exact) mass is 334 g/mol. The minimum Gasteiger partial charge on any atom is -0.480 e. The van der Waals surface area contributed by atoms with Crippen molar-refractivity contribution in [3.8, 4) is 0 Å². The fraction of sp³-hybridized carbons (Fsp3) is 0.375. The molecule has 2 N–H and O–H groups in total. The van der Waals surface area contributed by atoms with Gasteiger partial charge in [0, 0.05) is 0 Å². The molecule has 8 heteroatoms. The van der Waals surface area contributed by atoms with Crippen molar-refractivity contribution < 1.29 is 19.1 Å². The van der Waals surface area contributed by atoms with Gasteiger partial charge in [0.05, 0.1) is 12.2 Å². The van der Waals surface area contributed by atoms with Crippen molar-refractivity contribution in [2.45, 2.75) is 33.4 Å². The molecular formula is C16H19FN4O3. The van der Waals surface area contributed by atoms with Crippen LogP contribution in [0.3, 0.4) is 0 Å². The van der Waals surface area contributed by atoms with Gasteiger partial charge in [-0.05, 0) is 30.5 Å². The number of amides is 1. The molecule has 1 aromatic carbocycles. The minimum absolute atomic E-state index is 0.0732. The fourth-order valence-corrected chi connectivity index (χ4v) is 2.21. The van der Waals surface area contributed by atoms with Gasteiger partial charge in [-0.15, -0.1) is 5.10 Å². The zero-order valence-electron chi connectivity index (χ0n) is 13.7. The summed E-state index contributed by atoms with van der Waals surface area (Å²) in [6.45, 7) is 5.41. The molecule has 2 aromatic rings. The third-order valence-electron chi connectivity index (χ3n) is 3.66. The molecule has 0 fully saturated rings. The Kier molecular flexibility index (Phi) is 5.28. The lowest BCUT2D eigenvalue weighted by molar-refractivity contribution is -0.140. The van der Waals surface area contributed by atoms with E-state index in [1.165, 1.54) is 16.8 Å². The highest BCUT2D eigenvalue weighted by Crippen LogP contribution is 2.10. The van der Waals surface area contributed by atoms with Crippen LogP contribution in [0.2, 0.25) is 0 Å². The zero-order valence-corrected chi connectivity index (χ0v) is 13.7. The summed E-state index contributed by atoms with van der Waals surface area (Å²) in [5.74, 6) is -2.28. The molecule has 7 nitrogen and oxygen atoms in total. The Labute approximate surface area is 138 Å². The van der Waals surface area contributed by atoms with Crippen molar-refractivity contribution in [2.75, 3.05) is 0 Å². The van der Waals surface area contributed by atoms with Crippen LogP contribution in [0.1, 0.15) is 35.6 Å². The topological polar surface area (TPSA) is 97.1 Å². The number of benzene rings is 1. The van der Waals surface area contributed by atoms with Crippen LogP contribution < -0.4 is 5.32 Å². The van der Waals surface area contributed by atoms with Gasteiger partial charge in [0.25, 0.3) is 5.91 Å². The molecule has 2 rings (SSSR count). The summed E-state index contributed by atoms with van der Waals surface area (Å²) in [5, 5.41) is 19.3. The van der Waals surface area contributed by atoms with E-state index in [0.29, 0.717) is 12.2 Å². The van der Waals surface area contributed by atoms with Crippen molar-refractivity contribution in [1.29, 1.82) is 0 Å². The first-order chi connectivity index (χ1) is 11.3. The summed E-state index contributed by atoms with van der Waals surface area (Å²) in [6.07, 6.45) is 0. The van der Waals surface area contributed by atoms with E-state index < -0.39 is 17.9 Å². The molecule has 0 unspecified atom stereocenters. The van der Waals surface area contributed by atoms with Crippen LogP contribution in [-0.4, -0.2) is 38.0 Å². The molecule has 24 heavy (non-hydrogen) atoms. The normalized spacial score (nSPS) is 12.2. The number of nitrogens with one attached hydrogen (secondary N) is 1. The molecule has 0 aliphatic rings. The first-order valence-electron chi connectivity index (χ1n) is 7.47. The van der Waals surface area contributed by atoms with Crippen LogP contribution in [-0.2, 0) is 11.3 Å². The second-order valence-electron chi connectivity index (χ2n) is 5.84. The number of nitrogens with zero attached hydrogens (tertiary/aromatic N) is 3. The summed E-state index contributed by atoms with van der Waals surface area (Å²) in [7, 11) is 0. The van der Waals surface area contributed by atoms with E-state index >= 15 is 0 Å². The molecule has 0 saturated carbocycles. The van der Waals surface area contributed by atoms with Crippen molar-refractivity contribution in [3.63, 3.8) is 0 Å². The highest BCUT2D eigenvalue weighted by atomic mass is 19.1. The molecule has 1 amide bonds. The molecule has 1 heterocycles. The van der Waals surface area contributed by atoms with Gasteiger partial charge in [0.15, 0.2) is 5.69 Å². The van der Waals surface area contributed by atoms with Crippen molar-refractivity contribution in [1.82, 2.24) is 20.3 Å². The molecule has 0 aliphatic carbocycles. The number of carbonyl (C=O) groups excluding carboxylic acids is 1. The summed E-state index contributed by atoms with van der Waals surface area (Å²) in [5.41, 5.74) is 1.38. The third kappa shape index (κ3) is 3.95. The van der Waals surface area contributed by atoms with Crippen LogP contribution in [0, 0.1) is 18.7 Å². The Morgan fingerprint density at radius 2 is 1.92 bits per heavy atom. The number of aliphatic carboxylic acids is 1. The van der Waals surface area contributed by atoms with Crippen LogP contribution >= 0.6 is 0 Å². The van der Waals surface area contributed by atoms with Gasteiger partial charge in [-0.25, -0.2) is 13.9 Å². The third-order valence-corrected chi connectivity index (χ3v) is 3.66. The largest absolute Gasteiger partial charge is 0.480 e. The number of halogens is 1. The minimum atomic E-state index is -1.10. The quantitative estimate of drug-likeness (QED) is 0.836. The molecule has 0 bridgehead atoms. The van der Waals surface area contributed by atoms with Crippen molar-refractivity contribution >= 4 is 11.9 Å². The molecule has 0 saturated heterocycles. The summed E-state index contributed by atoms with van der Waals surface area (Å²) in [6, 6.07) is 4.93. The molecular weight excluding hydrogens is 315 g/mol. The van der Waals surface area contributed by atoms with E-state index in [-0.39, 0.29) is 17.4 Å². The molecule has 0 spiro atoms. The summed E-state index contributed by atoms with van der Waals surface area (Å²) >= 11 is 0. The zero-order chi connectivity index (χ0) is 17.9. The number of aromatic nitrogens is 3. The van der Waals surface area contributed by atoms with Gasteiger partial charge in [0.1, 0.15) is 11.9 Å². The van der Waals surface area contributed by atoms with Gasteiger partial charge < -0.3 is 10.4 Å². The lowest BCUT2D eigenvalue weighted by atomic mass is 10.0. The van der Waals surface area contributed by atoms with Crippen molar-refractivity contribution in [3.05, 3.63) is 47.0 Å². The number of hydrogen-bond donors (Lipinski definition) is 2. The standard InChI is InChI=1S/C16H19FN4O3/c1-9(2)13(16(23)24)18-15(22)14-10(3)21(20-19-14)8-11-4-6-12(17)7-5-11/h4-7,9,13H,8H2,1-3H3,(H,18,22)(H,23,24)/t13-/m0/s1. The van der Waals surface area contributed by atoms with Gasteiger partial charge in [-0.2, -0.15) is 0 Å². The first kappa shape index (κ1) is 17.6. The van der Waals surface area contributed by atoms with E-state index in [4.69, 9.17) is 5.11 Å². The number of carbonyl (C=O) groups is 2. The second kappa shape index (κ2) is 7.20. The molecule has 1 atom stereocenters. The van der Waals surface area contributed by atoms with Gasteiger partial charge in [-0.1, -0.05) is 31.2 Å². The predicted octanol–water partition coefficient (Wildman–Crippen LogP) is 1.61. The Bertz CT molecular complexity index is 740. The van der Waals surface area contributed by atoms with Gasteiger partial charge in [-0.3, -0.25) is 4.79 Å². The predicted molar refractivity (Wildman–Crippen MR) is 84.0 cm³/mol. The van der Waals surface area contributed by atoms with Crippen LogP contribution in [0.25, 0.3) is 0 Å². The van der Waals surface area contributed by atoms with Crippen LogP contribution in [0.15, 0.2) is 24.3 Å². The molecule has 128 valence electrons. The van der Waals surface area contributed by atoms with E-state index in [0.717, 1.165) is 5.56 Å². The Hall–Kier alpha value is -2.77. The summed E-state index contributed by atoms with van der Waals surface area (Å²) in [4.78, 5) is 23.4. The lowest BCUT2D eigenvalue weighted by Crippen LogP contribution is -2.44. The fourth-order valence-electron chi connectivity index (χ4n) is 2.21. The van der Waals surface area contributed by atoms with Crippen LogP contribution in [0.4, 0.5) is 4.39 Å². The number of carboxylic acid groups (broad SMARTS) is 1. The number of hydrogen-bond acceptors (Lipinski definition) is 4. The van der Waals surface area contributed by atoms with E-state index in [1.54, 1.807) is 32.9 Å². The van der Waals surface area contributed by atoms with Crippen LogP contribution in [0.5, 0.6) is 0 Å². The maximum absolute atomic E-state index is 12.9. The SMILES string of the molecule is Cc1c(C(=O)N[C@H](C(=O)O)C(C)C)nnn1Cc1ccc(F)cc1. The maximum Gasteiger partial charge on any atom is 0.326 e. The van der Waals surface area contributed by atoms with Crippen molar-refractivity contribution in [2.24, 2.45) is 5.92 Å². The highest BCUT2D eigenvalue weighted by Gasteiger charge is 2.26. The smallest absolute Gasteiger partial charge is 0.326 e. The lowest BCUT2D eigenvalue weighted by Gasteiger charge is -2.17. The average Bonchev–Trinajstić information content (AvgIpc) is 2.87. The maximum atomic E-state index is 12.9. The molecule has 0 aliphatic heterocycles. The van der Waals surface area contributed by atoms with Gasteiger partial charge in [0.2, 0.25) is 0 Å². The van der Waals surface area contributed by atoms with E-state index in [1.807, 2.05) is 0 Å². The highest BCUT2D eigenvalue weighted by molar-refractivity contribution is 5.95. The second-order valence-corrected chi connectivity index (χ2v) is 5.84. The number of rotatable bonds is 6. The molecule has 1 aromatic heterocycles. The summed E-state index contributed by atoms with van der Waals surface area (Å²) < 4.78 is 14.4. The Balaban J connectivity index is 2.15. The van der Waals surface area contributed by atoms with E-state index in [9.17, 15) is 14.0 Å². The average molecular weight is 334 g/mol. The Morgan fingerprint density at radius 1 is 1.29 bits per heavy atom. The molecule has 0 radical (unpaired) electrons. The Morgan fingerprint density at radius 3 is 2.46 bits per heavy atom.